The van der Waals surface area contributed by atoms with E-state index in [0.717, 1.165) is 34.1 Å². The molecule has 3 heterocycles. The molecule has 1 aromatic heterocycles. The summed E-state index contributed by atoms with van der Waals surface area (Å²) in [4.78, 5) is 34.0. The minimum atomic E-state index is -1.06. The van der Waals surface area contributed by atoms with Crippen molar-refractivity contribution in [2.75, 3.05) is 33.4 Å². The highest BCUT2D eigenvalue weighted by molar-refractivity contribution is 6.01. The zero-order valence-electron chi connectivity index (χ0n) is 18.9. The number of carbonyl (C=O) groups is 2. The molecule has 5 rings (SSSR count). The Kier molecular flexibility index (Phi) is 5.05. The first-order valence-corrected chi connectivity index (χ1v) is 11.3. The molecule has 166 valence electrons. The Morgan fingerprint density at radius 1 is 1.12 bits per heavy atom. The molecule has 1 saturated heterocycles. The van der Waals surface area contributed by atoms with E-state index >= 15 is 0 Å². The number of nitrogens with one attached hydrogen (secondary N) is 1. The van der Waals surface area contributed by atoms with Crippen LogP contribution in [-0.2, 0) is 26.3 Å². The van der Waals surface area contributed by atoms with E-state index in [2.05, 4.69) is 42.2 Å². The maximum absolute atomic E-state index is 13.8. The largest absolute Gasteiger partial charge is 0.383 e. The van der Waals surface area contributed by atoms with Gasteiger partial charge in [-0.05, 0) is 36.1 Å². The van der Waals surface area contributed by atoms with Crippen molar-refractivity contribution in [2.24, 2.45) is 0 Å². The molecule has 1 N–H and O–H groups in total. The van der Waals surface area contributed by atoms with Gasteiger partial charge in [0.25, 0.3) is 5.91 Å². The summed E-state index contributed by atoms with van der Waals surface area (Å²) in [6.45, 7) is 5.42. The molecule has 2 atom stereocenters. The first-order valence-electron chi connectivity index (χ1n) is 11.3. The SMILES string of the molecule is CCc1ccc([C@H]2CN3C(=O)CN(CCOC)C(=O)[C@]3(C)c3[nH]c4ccccc4c32)cc1. The van der Waals surface area contributed by atoms with Crippen molar-refractivity contribution in [1.29, 1.82) is 0 Å². The van der Waals surface area contributed by atoms with Gasteiger partial charge < -0.3 is 19.5 Å². The summed E-state index contributed by atoms with van der Waals surface area (Å²) in [7, 11) is 1.61. The van der Waals surface area contributed by atoms with E-state index in [0.29, 0.717) is 19.7 Å². The van der Waals surface area contributed by atoms with E-state index < -0.39 is 5.54 Å². The molecule has 0 radical (unpaired) electrons. The molecular weight excluding hydrogens is 402 g/mol. The fourth-order valence-electron chi connectivity index (χ4n) is 5.34. The highest BCUT2D eigenvalue weighted by atomic mass is 16.5. The van der Waals surface area contributed by atoms with Crippen LogP contribution in [0.15, 0.2) is 48.5 Å². The fraction of sp³-hybridized carbons (Fsp3) is 0.385. The third-order valence-corrected chi connectivity index (χ3v) is 7.17. The quantitative estimate of drug-likeness (QED) is 0.673. The Bertz CT molecular complexity index is 1180. The molecule has 0 unspecified atom stereocenters. The van der Waals surface area contributed by atoms with Gasteiger partial charge in [0.2, 0.25) is 5.91 Å². The van der Waals surface area contributed by atoms with E-state index in [1.807, 2.05) is 25.1 Å². The Morgan fingerprint density at radius 2 is 1.88 bits per heavy atom. The number of amides is 2. The molecule has 0 aliphatic carbocycles. The topological polar surface area (TPSA) is 65.6 Å². The lowest BCUT2D eigenvalue weighted by atomic mass is 9.76. The number of aryl methyl sites for hydroxylation is 1. The lowest BCUT2D eigenvalue weighted by Crippen LogP contribution is -2.67. The number of rotatable bonds is 5. The van der Waals surface area contributed by atoms with Crippen molar-refractivity contribution in [3.05, 3.63) is 70.9 Å². The molecule has 6 heteroatoms. The van der Waals surface area contributed by atoms with Gasteiger partial charge in [-0.1, -0.05) is 49.4 Å². The highest BCUT2D eigenvalue weighted by Crippen LogP contribution is 2.48. The molecule has 2 amide bonds. The monoisotopic (exact) mass is 431 g/mol. The van der Waals surface area contributed by atoms with E-state index in [9.17, 15) is 9.59 Å². The number of nitrogens with zero attached hydrogens (tertiary/aromatic N) is 2. The van der Waals surface area contributed by atoms with Crippen molar-refractivity contribution in [1.82, 2.24) is 14.8 Å². The van der Waals surface area contributed by atoms with Crippen molar-refractivity contribution in [3.8, 4) is 0 Å². The summed E-state index contributed by atoms with van der Waals surface area (Å²) in [6.07, 6.45) is 0.984. The number of hydrogen-bond acceptors (Lipinski definition) is 3. The van der Waals surface area contributed by atoms with Gasteiger partial charge in [0.1, 0.15) is 0 Å². The van der Waals surface area contributed by atoms with Crippen LogP contribution >= 0.6 is 0 Å². The lowest BCUT2D eigenvalue weighted by Gasteiger charge is -2.51. The van der Waals surface area contributed by atoms with Crippen molar-refractivity contribution in [2.45, 2.75) is 31.7 Å². The average Bonchev–Trinajstić information content (AvgIpc) is 3.21. The van der Waals surface area contributed by atoms with Gasteiger partial charge in [0, 0.05) is 37.0 Å². The zero-order valence-corrected chi connectivity index (χ0v) is 18.9. The predicted molar refractivity (Wildman–Crippen MR) is 123 cm³/mol. The smallest absolute Gasteiger partial charge is 0.255 e. The third kappa shape index (κ3) is 2.97. The molecule has 2 aromatic carbocycles. The number of aromatic amines is 1. The number of hydrogen-bond donors (Lipinski definition) is 1. The second kappa shape index (κ2) is 7.78. The van der Waals surface area contributed by atoms with Crippen LogP contribution in [0.3, 0.4) is 0 Å². The Morgan fingerprint density at radius 3 is 2.59 bits per heavy atom. The fourth-order valence-corrected chi connectivity index (χ4v) is 5.34. The van der Waals surface area contributed by atoms with Gasteiger partial charge in [-0.2, -0.15) is 0 Å². The molecule has 2 aliphatic heterocycles. The van der Waals surface area contributed by atoms with Gasteiger partial charge in [-0.3, -0.25) is 9.59 Å². The lowest BCUT2D eigenvalue weighted by molar-refractivity contribution is -0.166. The van der Waals surface area contributed by atoms with Crippen molar-refractivity contribution >= 4 is 22.7 Å². The van der Waals surface area contributed by atoms with Crippen LogP contribution < -0.4 is 0 Å². The van der Waals surface area contributed by atoms with Gasteiger partial charge in [-0.25, -0.2) is 0 Å². The van der Waals surface area contributed by atoms with Crippen LogP contribution in [0.4, 0.5) is 0 Å². The maximum Gasteiger partial charge on any atom is 0.255 e. The number of methoxy groups -OCH3 is 1. The summed E-state index contributed by atoms with van der Waals surface area (Å²) >= 11 is 0. The number of piperazine rings is 1. The molecule has 0 saturated carbocycles. The third-order valence-electron chi connectivity index (χ3n) is 7.17. The maximum atomic E-state index is 13.8. The summed E-state index contributed by atoms with van der Waals surface area (Å²) in [5.41, 5.74) is 4.33. The summed E-state index contributed by atoms with van der Waals surface area (Å²) in [6, 6.07) is 16.8. The Labute approximate surface area is 188 Å². The van der Waals surface area contributed by atoms with E-state index in [4.69, 9.17) is 4.74 Å². The average molecular weight is 432 g/mol. The Hall–Kier alpha value is -3.12. The van der Waals surface area contributed by atoms with Gasteiger partial charge in [0.15, 0.2) is 5.54 Å². The van der Waals surface area contributed by atoms with Gasteiger partial charge >= 0.3 is 0 Å². The first-order chi connectivity index (χ1) is 15.5. The first kappa shape index (κ1) is 20.8. The zero-order chi connectivity index (χ0) is 22.5. The minimum absolute atomic E-state index is 0.00223. The normalized spacial score (nSPS) is 22.9. The summed E-state index contributed by atoms with van der Waals surface area (Å²) in [5, 5.41) is 1.11. The van der Waals surface area contributed by atoms with E-state index in [1.165, 1.54) is 5.56 Å². The number of para-hydroxylation sites is 1. The molecule has 6 nitrogen and oxygen atoms in total. The van der Waals surface area contributed by atoms with Crippen molar-refractivity contribution in [3.63, 3.8) is 0 Å². The second-order valence-corrected chi connectivity index (χ2v) is 8.90. The predicted octanol–water partition coefficient (Wildman–Crippen LogP) is 3.41. The molecule has 32 heavy (non-hydrogen) atoms. The Balaban J connectivity index is 1.70. The van der Waals surface area contributed by atoms with Crippen LogP contribution in [0.2, 0.25) is 0 Å². The number of benzene rings is 2. The standard InChI is InChI=1S/C26H29N3O3/c1-4-17-9-11-18(12-10-17)20-15-29-22(30)16-28(13-14-32-3)25(31)26(29,2)24-23(20)19-7-5-6-8-21(19)27-24/h5-12,20,27H,4,13-16H2,1-3H3/t20-,26+/m1/s1. The van der Waals surface area contributed by atoms with Gasteiger partial charge in [-0.15, -0.1) is 0 Å². The molecule has 0 bridgehead atoms. The van der Waals surface area contributed by atoms with Crippen LogP contribution in [-0.4, -0.2) is 59.9 Å². The molecule has 0 spiro atoms. The molecule has 3 aromatic rings. The number of carbonyl (C=O) groups excluding carboxylic acids is 2. The second-order valence-electron chi connectivity index (χ2n) is 8.90. The number of aromatic nitrogens is 1. The van der Waals surface area contributed by atoms with Crippen LogP contribution in [0.25, 0.3) is 10.9 Å². The van der Waals surface area contributed by atoms with Crippen LogP contribution in [0, 0.1) is 0 Å². The number of ether oxygens (including phenoxy) is 1. The highest BCUT2D eigenvalue weighted by Gasteiger charge is 2.56. The van der Waals surface area contributed by atoms with Crippen molar-refractivity contribution < 1.29 is 14.3 Å². The number of fused-ring (bicyclic) bond motifs is 5. The minimum Gasteiger partial charge on any atom is -0.383 e. The molecule has 2 aliphatic rings. The molecular formula is C26H29N3O3. The summed E-state index contributed by atoms with van der Waals surface area (Å²) in [5.74, 6) is -0.0770. The summed E-state index contributed by atoms with van der Waals surface area (Å²) < 4.78 is 5.18. The van der Waals surface area contributed by atoms with Crippen LogP contribution in [0.1, 0.15) is 42.1 Å². The van der Waals surface area contributed by atoms with Crippen LogP contribution in [0.5, 0.6) is 0 Å². The van der Waals surface area contributed by atoms with E-state index in [-0.39, 0.29) is 24.3 Å². The van der Waals surface area contributed by atoms with E-state index in [1.54, 1.807) is 16.9 Å². The molecule has 1 fully saturated rings. The van der Waals surface area contributed by atoms with Gasteiger partial charge in [0.05, 0.1) is 18.8 Å². The number of H-pyrrole nitrogens is 1.